The lowest BCUT2D eigenvalue weighted by Gasteiger charge is -2.42. The number of phenols is 2. The predicted molar refractivity (Wildman–Crippen MR) is 143 cm³/mol. The van der Waals surface area contributed by atoms with Crippen LogP contribution in [0.2, 0.25) is 0 Å². The van der Waals surface area contributed by atoms with Gasteiger partial charge in [-0.2, -0.15) is 0 Å². The maximum absolute atomic E-state index is 13.0. The zero-order valence-electron chi connectivity index (χ0n) is 22.9. The van der Waals surface area contributed by atoms with Crippen LogP contribution in [-0.4, -0.2) is 116 Å². The molecule has 3 heterocycles. The number of hydrogen-bond acceptors (Lipinski definition) is 15. The van der Waals surface area contributed by atoms with Gasteiger partial charge < -0.3 is 69.0 Å². The minimum atomic E-state index is -1.85. The molecular formula is C28H32O15. The van der Waals surface area contributed by atoms with Gasteiger partial charge in [-0.3, -0.25) is 4.79 Å². The fourth-order valence-corrected chi connectivity index (χ4v) is 4.90. The molecule has 2 saturated heterocycles. The Balaban J connectivity index is 1.40. The van der Waals surface area contributed by atoms with Gasteiger partial charge in [-0.05, 0) is 31.2 Å². The first-order valence-corrected chi connectivity index (χ1v) is 13.3. The number of methoxy groups -OCH3 is 1. The Hall–Kier alpha value is -3.51. The van der Waals surface area contributed by atoms with Crippen molar-refractivity contribution in [1.82, 2.24) is 0 Å². The number of aliphatic hydroxyl groups is 6. The number of aliphatic hydroxyl groups excluding tert-OH is 6. The number of rotatable bonds is 7. The highest BCUT2D eigenvalue weighted by molar-refractivity contribution is 5.89. The van der Waals surface area contributed by atoms with E-state index in [-0.39, 0.29) is 28.2 Å². The second kappa shape index (κ2) is 12.2. The second-order valence-corrected chi connectivity index (χ2v) is 10.3. The van der Waals surface area contributed by atoms with E-state index in [1.807, 2.05) is 0 Å². The molecule has 0 amide bonds. The lowest BCUT2D eigenvalue weighted by molar-refractivity contribution is -0.318. The minimum Gasteiger partial charge on any atom is -0.508 e. The number of hydrogen-bond donors (Lipinski definition) is 8. The van der Waals surface area contributed by atoms with Crippen LogP contribution in [0.25, 0.3) is 22.3 Å². The highest BCUT2D eigenvalue weighted by atomic mass is 16.7. The molecule has 2 fully saturated rings. The Morgan fingerprint density at radius 2 is 1.47 bits per heavy atom. The molecule has 5 rings (SSSR count). The smallest absolute Gasteiger partial charge is 0.229 e. The Bertz CT molecular complexity index is 1490. The van der Waals surface area contributed by atoms with Crippen molar-refractivity contribution < 1.29 is 69.0 Å². The van der Waals surface area contributed by atoms with Crippen molar-refractivity contribution in [2.24, 2.45) is 0 Å². The average Bonchev–Trinajstić information content (AvgIpc) is 2.99. The van der Waals surface area contributed by atoms with E-state index in [2.05, 4.69) is 0 Å². The van der Waals surface area contributed by atoms with Crippen LogP contribution in [0.5, 0.6) is 23.0 Å². The van der Waals surface area contributed by atoms with Gasteiger partial charge in [0.1, 0.15) is 65.2 Å². The van der Waals surface area contributed by atoms with Crippen molar-refractivity contribution in [1.29, 1.82) is 0 Å². The molecule has 0 unspecified atom stereocenters. The first kappa shape index (κ1) is 30.9. The molecule has 43 heavy (non-hydrogen) atoms. The summed E-state index contributed by atoms with van der Waals surface area (Å²) < 4.78 is 33.2. The van der Waals surface area contributed by atoms with Crippen LogP contribution < -0.4 is 14.9 Å². The minimum absolute atomic E-state index is 0.0136. The van der Waals surface area contributed by atoms with Gasteiger partial charge in [0.15, 0.2) is 23.2 Å². The maximum Gasteiger partial charge on any atom is 0.229 e. The molecule has 234 valence electrons. The van der Waals surface area contributed by atoms with Crippen LogP contribution in [0, 0.1) is 0 Å². The summed E-state index contributed by atoms with van der Waals surface area (Å²) in [7, 11) is 1.24. The van der Waals surface area contributed by atoms with Gasteiger partial charge in [0, 0.05) is 17.7 Å². The summed E-state index contributed by atoms with van der Waals surface area (Å²) in [5.74, 6) is -1.14. The van der Waals surface area contributed by atoms with Crippen LogP contribution in [0.3, 0.4) is 0 Å². The summed E-state index contributed by atoms with van der Waals surface area (Å²) >= 11 is 0. The van der Waals surface area contributed by atoms with E-state index >= 15 is 0 Å². The maximum atomic E-state index is 13.0. The summed E-state index contributed by atoms with van der Waals surface area (Å²) in [5, 5.41) is 82.0. The van der Waals surface area contributed by atoms with Crippen LogP contribution >= 0.6 is 0 Å². The molecule has 0 saturated carbocycles. The molecule has 2 aromatic carbocycles. The highest BCUT2D eigenvalue weighted by Gasteiger charge is 2.47. The van der Waals surface area contributed by atoms with Crippen LogP contribution in [0.15, 0.2) is 45.6 Å². The van der Waals surface area contributed by atoms with Crippen molar-refractivity contribution in [3.8, 4) is 34.3 Å². The van der Waals surface area contributed by atoms with E-state index in [1.165, 1.54) is 44.4 Å². The fourth-order valence-electron chi connectivity index (χ4n) is 4.90. The monoisotopic (exact) mass is 608 g/mol. The molecule has 0 radical (unpaired) electrons. The van der Waals surface area contributed by atoms with E-state index in [0.29, 0.717) is 5.56 Å². The van der Waals surface area contributed by atoms with Gasteiger partial charge >= 0.3 is 0 Å². The van der Waals surface area contributed by atoms with Crippen molar-refractivity contribution in [2.45, 2.75) is 68.3 Å². The van der Waals surface area contributed by atoms with Gasteiger partial charge in [-0.15, -0.1) is 0 Å². The summed E-state index contributed by atoms with van der Waals surface area (Å²) in [6, 6.07) is 8.27. The lowest BCUT2D eigenvalue weighted by Crippen LogP contribution is -2.61. The number of ether oxygens (including phenoxy) is 5. The zero-order chi connectivity index (χ0) is 31.2. The molecule has 10 atom stereocenters. The number of aromatic hydroxyl groups is 2. The van der Waals surface area contributed by atoms with Crippen molar-refractivity contribution >= 4 is 11.0 Å². The third-order valence-corrected chi connectivity index (χ3v) is 7.42. The summed E-state index contributed by atoms with van der Waals surface area (Å²) in [6.07, 6.45) is -15.4. The Kier molecular flexibility index (Phi) is 8.80. The molecule has 15 heteroatoms. The molecule has 0 aliphatic carbocycles. The van der Waals surface area contributed by atoms with Gasteiger partial charge in [0.2, 0.25) is 12.0 Å². The highest BCUT2D eigenvalue weighted by Crippen LogP contribution is 2.44. The number of fused-ring (bicyclic) bond motifs is 1. The Labute approximate surface area is 243 Å². The van der Waals surface area contributed by atoms with Gasteiger partial charge in [0.05, 0.1) is 19.8 Å². The topological polar surface area (TPSA) is 238 Å². The summed E-state index contributed by atoms with van der Waals surface area (Å²) in [5.41, 5.74) is -0.258. The molecule has 3 aromatic rings. The first-order valence-electron chi connectivity index (χ1n) is 13.3. The Morgan fingerprint density at radius 1 is 0.814 bits per heavy atom. The first-order chi connectivity index (χ1) is 20.4. The summed E-state index contributed by atoms with van der Waals surface area (Å²) in [4.78, 5) is 13.0. The fraction of sp³-hybridized carbons (Fsp3) is 0.464. The summed E-state index contributed by atoms with van der Waals surface area (Å²) in [6.45, 7) is 0.913. The third kappa shape index (κ3) is 5.86. The lowest BCUT2D eigenvalue weighted by atomic mass is 9.98. The molecule has 0 spiro atoms. The van der Waals surface area contributed by atoms with E-state index in [0.717, 1.165) is 6.07 Å². The van der Waals surface area contributed by atoms with Gasteiger partial charge in [-0.25, -0.2) is 0 Å². The molecule has 1 aromatic heterocycles. The number of phenolic OH excluding ortho intramolecular Hbond substituents is 2. The standard InChI is InChI=1S/C28H32O15/c1-10-19(31)22(34)24(36)27(40-10)39-9-17-20(32)23(35)25(37)28(42-17)43-26-16(38-2)8-15-18(21(26)33)13(30)7-14(41-15)11-3-5-12(29)6-4-11/h3-8,10,17,19-20,22-25,27-29,31-37H,9H2,1-2H3/t10-,17+,19-,20+,22+,23-,24+,25+,27+,28-/m0/s1. The molecule has 2 aliphatic rings. The Morgan fingerprint density at radius 3 is 2.14 bits per heavy atom. The van der Waals surface area contributed by atoms with E-state index in [1.54, 1.807) is 0 Å². The predicted octanol–water partition coefficient (Wildman–Crippen LogP) is -1.09. The van der Waals surface area contributed by atoms with E-state index in [4.69, 9.17) is 28.1 Å². The van der Waals surface area contributed by atoms with E-state index in [9.17, 15) is 45.6 Å². The molecule has 2 aliphatic heterocycles. The van der Waals surface area contributed by atoms with Crippen LogP contribution in [0.4, 0.5) is 0 Å². The normalized spacial score (nSPS) is 32.9. The second-order valence-electron chi connectivity index (χ2n) is 10.3. The van der Waals surface area contributed by atoms with Crippen LogP contribution in [-0.2, 0) is 14.2 Å². The van der Waals surface area contributed by atoms with Crippen LogP contribution in [0.1, 0.15) is 6.92 Å². The molecule has 8 N–H and O–H groups in total. The molecule has 15 nitrogen and oxygen atoms in total. The van der Waals surface area contributed by atoms with Crippen molar-refractivity contribution in [3.05, 3.63) is 46.6 Å². The zero-order valence-corrected chi connectivity index (χ0v) is 22.9. The molecule has 0 bridgehead atoms. The SMILES string of the molecule is COc1cc2oc(-c3ccc(O)cc3)cc(=O)c2c(O)c1O[C@@H]1O[C@H](CO[C@@H]2O[C@@H](C)[C@H](O)[C@@H](O)[C@H]2O)[C@@H](O)[C@H](O)[C@H]1O. The van der Waals surface area contributed by atoms with Crippen molar-refractivity contribution in [3.63, 3.8) is 0 Å². The van der Waals surface area contributed by atoms with Gasteiger partial charge in [-0.1, -0.05) is 0 Å². The third-order valence-electron chi connectivity index (χ3n) is 7.42. The van der Waals surface area contributed by atoms with E-state index < -0.39 is 84.9 Å². The van der Waals surface area contributed by atoms with Gasteiger partial charge in [0.25, 0.3) is 0 Å². The molecular weight excluding hydrogens is 576 g/mol. The number of benzene rings is 2. The average molecular weight is 609 g/mol. The van der Waals surface area contributed by atoms with Crippen molar-refractivity contribution in [2.75, 3.05) is 13.7 Å². The quantitative estimate of drug-likeness (QED) is 0.159. The largest absolute Gasteiger partial charge is 0.508 e.